The first-order chi connectivity index (χ1) is 9.59. The molecular weight excluding hydrogens is 276 g/mol. The van der Waals surface area contributed by atoms with Crippen LogP contribution in [0.4, 0.5) is 0 Å². The number of aromatic nitrogens is 1. The Kier molecular flexibility index (Phi) is 4.70. The van der Waals surface area contributed by atoms with Crippen LogP contribution in [-0.2, 0) is 10.0 Å². The quantitative estimate of drug-likeness (QED) is 0.881. The van der Waals surface area contributed by atoms with Gasteiger partial charge in [-0.1, -0.05) is 0 Å². The Hall–Kier alpha value is -1.49. The van der Waals surface area contributed by atoms with E-state index in [1.807, 2.05) is 6.07 Å². The van der Waals surface area contributed by atoms with Gasteiger partial charge in [-0.25, -0.2) is 13.4 Å². The van der Waals surface area contributed by atoms with Gasteiger partial charge in [-0.15, -0.1) is 0 Å². The van der Waals surface area contributed by atoms with Crippen molar-refractivity contribution in [2.75, 3.05) is 19.6 Å². The third-order valence-corrected chi connectivity index (χ3v) is 5.45. The molecule has 1 saturated heterocycles. The van der Waals surface area contributed by atoms with Gasteiger partial charge in [0, 0.05) is 19.3 Å². The van der Waals surface area contributed by atoms with E-state index in [-0.39, 0.29) is 10.6 Å². The van der Waals surface area contributed by atoms with Crippen LogP contribution in [0.15, 0.2) is 23.2 Å². The van der Waals surface area contributed by atoms with Crippen molar-refractivity contribution >= 4 is 10.0 Å². The van der Waals surface area contributed by atoms with E-state index in [2.05, 4.69) is 4.98 Å². The second kappa shape index (κ2) is 6.31. The highest BCUT2D eigenvalue weighted by Crippen LogP contribution is 2.26. The summed E-state index contributed by atoms with van der Waals surface area (Å²) in [6.45, 7) is 1.53. The fourth-order valence-corrected chi connectivity index (χ4v) is 4.19. The molecule has 108 valence electrons. The lowest BCUT2D eigenvalue weighted by Gasteiger charge is -2.31. The van der Waals surface area contributed by atoms with Crippen molar-refractivity contribution in [1.82, 2.24) is 9.29 Å². The zero-order chi connectivity index (χ0) is 14.6. The van der Waals surface area contributed by atoms with Gasteiger partial charge in [0.15, 0.2) is 5.69 Å². The summed E-state index contributed by atoms with van der Waals surface area (Å²) in [6.07, 6.45) is 4.07. The van der Waals surface area contributed by atoms with Crippen LogP contribution in [0.5, 0.6) is 0 Å². The van der Waals surface area contributed by atoms with Gasteiger partial charge in [0.1, 0.15) is 11.0 Å². The lowest BCUT2D eigenvalue weighted by Crippen LogP contribution is -2.40. The summed E-state index contributed by atoms with van der Waals surface area (Å²) in [5.74, 6) is 0.297. The minimum absolute atomic E-state index is 0.00380. The largest absolute Gasteiger partial charge is 0.330 e. The van der Waals surface area contributed by atoms with E-state index in [9.17, 15) is 8.42 Å². The predicted octanol–water partition coefficient (Wildman–Crippen LogP) is 0.703. The van der Waals surface area contributed by atoms with Crippen LogP contribution in [0.25, 0.3) is 0 Å². The van der Waals surface area contributed by atoms with Gasteiger partial charge >= 0.3 is 0 Å². The monoisotopic (exact) mass is 294 g/mol. The Morgan fingerprint density at radius 2 is 2.35 bits per heavy atom. The Balaban J connectivity index is 2.28. The average molecular weight is 294 g/mol. The Labute approximate surface area is 119 Å². The van der Waals surface area contributed by atoms with Crippen molar-refractivity contribution in [3.63, 3.8) is 0 Å². The molecule has 0 aliphatic carbocycles. The SMILES string of the molecule is N#Cc1ncccc1S(=O)(=O)N1CCCC(CCN)C1. The van der Waals surface area contributed by atoms with E-state index in [1.165, 1.54) is 22.6 Å². The van der Waals surface area contributed by atoms with Crippen LogP contribution < -0.4 is 5.73 Å². The molecule has 1 aromatic rings. The molecule has 0 amide bonds. The standard InChI is InChI=1S/C13H18N4O2S/c14-6-5-11-3-2-8-17(10-11)20(18,19)13-4-1-7-16-12(13)9-15/h1,4,7,11H,2-3,5-6,8,10,14H2. The second-order valence-corrected chi connectivity index (χ2v) is 6.82. The fraction of sp³-hybridized carbons (Fsp3) is 0.538. The molecular formula is C13H18N4O2S. The topological polar surface area (TPSA) is 100 Å². The maximum Gasteiger partial charge on any atom is 0.245 e. The minimum atomic E-state index is -3.65. The van der Waals surface area contributed by atoms with E-state index >= 15 is 0 Å². The molecule has 7 heteroatoms. The van der Waals surface area contributed by atoms with Gasteiger partial charge in [0.05, 0.1) is 0 Å². The summed E-state index contributed by atoms with van der Waals surface area (Å²) in [5, 5.41) is 9.00. The highest BCUT2D eigenvalue weighted by atomic mass is 32.2. The number of hydrogen-bond acceptors (Lipinski definition) is 5. The van der Waals surface area contributed by atoms with Crippen molar-refractivity contribution in [3.8, 4) is 6.07 Å². The number of nitriles is 1. The van der Waals surface area contributed by atoms with Crippen LogP contribution in [0, 0.1) is 17.2 Å². The molecule has 20 heavy (non-hydrogen) atoms. The Bertz CT molecular complexity index is 607. The molecule has 2 heterocycles. The van der Waals surface area contributed by atoms with Gasteiger partial charge in [-0.3, -0.25) is 0 Å². The molecule has 0 spiro atoms. The van der Waals surface area contributed by atoms with E-state index in [0.717, 1.165) is 19.3 Å². The number of hydrogen-bond donors (Lipinski definition) is 1. The fourth-order valence-electron chi connectivity index (χ4n) is 2.54. The molecule has 2 N–H and O–H groups in total. The van der Waals surface area contributed by atoms with Crippen molar-refractivity contribution < 1.29 is 8.42 Å². The lowest BCUT2D eigenvalue weighted by atomic mass is 9.96. The van der Waals surface area contributed by atoms with Crippen molar-refractivity contribution in [3.05, 3.63) is 24.0 Å². The summed E-state index contributed by atoms with van der Waals surface area (Å²) in [4.78, 5) is 3.82. The molecule has 1 aromatic heterocycles. The van der Waals surface area contributed by atoms with E-state index < -0.39 is 10.0 Å². The first-order valence-corrected chi connectivity index (χ1v) is 8.09. The summed E-state index contributed by atoms with van der Waals surface area (Å²) in [5.41, 5.74) is 5.50. The molecule has 0 saturated carbocycles. The lowest BCUT2D eigenvalue weighted by molar-refractivity contribution is 0.258. The van der Waals surface area contributed by atoms with Crippen LogP contribution in [0.3, 0.4) is 0 Å². The molecule has 1 fully saturated rings. The zero-order valence-electron chi connectivity index (χ0n) is 11.2. The van der Waals surface area contributed by atoms with E-state index in [1.54, 1.807) is 0 Å². The maximum absolute atomic E-state index is 12.6. The van der Waals surface area contributed by atoms with Crippen LogP contribution in [0.1, 0.15) is 25.0 Å². The number of nitrogens with two attached hydrogens (primary N) is 1. The van der Waals surface area contributed by atoms with E-state index in [0.29, 0.717) is 25.6 Å². The molecule has 1 aliphatic heterocycles. The van der Waals surface area contributed by atoms with Gasteiger partial charge in [0.2, 0.25) is 10.0 Å². The molecule has 1 atom stereocenters. The van der Waals surface area contributed by atoms with Crippen molar-refractivity contribution in [2.24, 2.45) is 11.7 Å². The minimum Gasteiger partial charge on any atom is -0.330 e. The third kappa shape index (κ3) is 2.98. The second-order valence-electron chi connectivity index (χ2n) is 4.91. The van der Waals surface area contributed by atoms with Gasteiger partial charge in [-0.05, 0) is 43.9 Å². The van der Waals surface area contributed by atoms with Gasteiger partial charge < -0.3 is 5.73 Å². The van der Waals surface area contributed by atoms with Crippen LogP contribution in [-0.4, -0.2) is 37.3 Å². The van der Waals surface area contributed by atoms with Crippen molar-refractivity contribution in [1.29, 1.82) is 5.26 Å². The number of nitrogens with zero attached hydrogens (tertiary/aromatic N) is 3. The summed E-state index contributed by atoms with van der Waals surface area (Å²) < 4.78 is 26.7. The number of piperidine rings is 1. The predicted molar refractivity (Wildman–Crippen MR) is 74.1 cm³/mol. The molecule has 6 nitrogen and oxygen atoms in total. The van der Waals surface area contributed by atoms with Gasteiger partial charge in [0.25, 0.3) is 0 Å². The van der Waals surface area contributed by atoms with Crippen molar-refractivity contribution in [2.45, 2.75) is 24.2 Å². The summed E-state index contributed by atoms with van der Waals surface area (Å²) >= 11 is 0. The average Bonchev–Trinajstić information content (AvgIpc) is 2.48. The Morgan fingerprint density at radius 3 is 3.05 bits per heavy atom. The maximum atomic E-state index is 12.6. The number of sulfonamides is 1. The highest BCUT2D eigenvalue weighted by molar-refractivity contribution is 7.89. The molecule has 2 rings (SSSR count). The first kappa shape index (κ1) is 14.9. The molecule has 0 radical (unpaired) electrons. The molecule has 1 unspecified atom stereocenters. The molecule has 0 aromatic carbocycles. The first-order valence-electron chi connectivity index (χ1n) is 6.65. The van der Waals surface area contributed by atoms with Crippen LogP contribution >= 0.6 is 0 Å². The highest BCUT2D eigenvalue weighted by Gasteiger charge is 2.31. The molecule has 0 bridgehead atoms. The summed E-state index contributed by atoms with van der Waals surface area (Å²) in [6, 6.07) is 4.81. The zero-order valence-corrected chi connectivity index (χ0v) is 12.0. The molecule has 1 aliphatic rings. The smallest absolute Gasteiger partial charge is 0.245 e. The van der Waals surface area contributed by atoms with Gasteiger partial charge in [-0.2, -0.15) is 9.57 Å². The Morgan fingerprint density at radius 1 is 1.55 bits per heavy atom. The number of pyridine rings is 1. The summed E-state index contributed by atoms with van der Waals surface area (Å²) in [7, 11) is -3.65. The number of rotatable bonds is 4. The normalized spacial score (nSPS) is 20.5. The third-order valence-electron chi connectivity index (χ3n) is 3.55. The van der Waals surface area contributed by atoms with Crippen LogP contribution in [0.2, 0.25) is 0 Å². The van der Waals surface area contributed by atoms with E-state index in [4.69, 9.17) is 11.0 Å².